The third-order valence-corrected chi connectivity index (χ3v) is 1.48. The Morgan fingerprint density at radius 3 is 2.50 bits per heavy atom. The summed E-state index contributed by atoms with van der Waals surface area (Å²) < 4.78 is 0. The van der Waals surface area contributed by atoms with E-state index in [1.807, 2.05) is 13.8 Å². The molecular formula is C8H15NO3. The summed E-state index contributed by atoms with van der Waals surface area (Å²) in [6.07, 6.45) is 0.449. The first-order chi connectivity index (χ1) is 5.56. The zero-order valence-corrected chi connectivity index (χ0v) is 7.41. The third-order valence-electron chi connectivity index (χ3n) is 1.48. The highest BCUT2D eigenvalue weighted by Crippen LogP contribution is 2.07. The molecule has 0 radical (unpaired) electrons. The van der Waals surface area contributed by atoms with E-state index in [9.17, 15) is 9.59 Å². The van der Waals surface area contributed by atoms with Crippen LogP contribution in [0.3, 0.4) is 0 Å². The molecule has 1 amide bonds. The van der Waals surface area contributed by atoms with E-state index in [0.29, 0.717) is 5.92 Å². The van der Waals surface area contributed by atoms with Gasteiger partial charge in [-0.3, -0.25) is 0 Å². The maximum absolute atomic E-state index is 10.4. The van der Waals surface area contributed by atoms with Crippen LogP contribution in [0.25, 0.3) is 0 Å². The fourth-order valence-electron chi connectivity index (χ4n) is 1.01. The van der Waals surface area contributed by atoms with E-state index in [-0.39, 0.29) is 12.5 Å². The summed E-state index contributed by atoms with van der Waals surface area (Å²) in [4.78, 5) is 20.5. The van der Waals surface area contributed by atoms with Crippen molar-refractivity contribution in [2.24, 2.45) is 11.8 Å². The van der Waals surface area contributed by atoms with Gasteiger partial charge in [-0.1, -0.05) is 13.8 Å². The first-order valence-electron chi connectivity index (χ1n) is 3.98. The number of aldehydes is 1. The van der Waals surface area contributed by atoms with Gasteiger partial charge in [-0.05, 0) is 12.3 Å². The van der Waals surface area contributed by atoms with Gasteiger partial charge in [-0.2, -0.15) is 0 Å². The summed E-state index contributed by atoms with van der Waals surface area (Å²) >= 11 is 0. The number of nitrogens with one attached hydrogen (secondary N) is 1. The summed E-state index contributed by atoms with van der Waals surface area (Å²) in [6.45, 7) is 4.21. The Bertz CT molecular complexity index is 156. The van der Waals surface area contributed by atoms with Gasteiger partial charge >= 0.3 is 6.09 Å². The number of carbonyl (C=O) groups is 2. The molecule has 0 heterocycles. The van der Waals surface area contributed by atoms with Gasteiger partial charge in [0, 0.05) is 12.5 Å². The molecule has 4 nitrogen and oxygen atoms in total. The molecule has 0 aliphatic rings. The minimum Gasteiger partial charge on any atom is -0.465 e. The van der Waals surface area contributed by atoms with Crippen molar-refractivity contribution in [2.75, 3.05) is 6.54 Å². The third kappa shape index (κ3) is 5.70. The SMILES string of the molecule is CC(C)CC(C=O)CNC(=O)O. The molecule has 0 aliphatic heterocycles. The number of hydrogen-bond donors (Lipinski definition) is 2. The second-order valence-corrected chi connectivity index (χ2v) is 3.21. The van der Waals surface area contributed by atoms with Crippen LogP contribution in [-0.4, -0.2) is 24.0 Å². The lowest BCUT2D eigenvalue weighted by Gasteiger charge is -2.11. The Morgan fingerprint density at radius 2 is 2.17 bits per heavy atom. The molecule has 0 aromatic carbocycles. The van der Waals surface area contributed by atoms with Gasteiger partial charge in [0.2, 0.25) is 0 Å². The average Bonchev–Trinajstić information content (AvgIpc) is 1.97. The largest absolute Gasteiger partial charge is 0.465 e. The molecule has 0 saturated heterocycles. The molecule has 0 aromatic rings. The molecule has 0 aromatic heterocycles. The number of hydrogen-bond acceptors (Lipinski definition) is 2. The average molecular weight is 173 g/mol. The molecule has 1 atom stereocenters. The Morgan fingerprint density at radius 1 is 1.58 bits per heavy atom. The maximum atomic E-state index is 10.4. The van der Waals surface area contributed by atoms with Crippen LogP contribution in [0.4, 0.5) is 4.79 Å². The summed E-state index contributed by atoms with van der Waals surface area (Å²) in [7, 11) is 0. The van der Waals surface area contributed by atoms with Gasteiger partial charge in [0.05, 0.1) is 0 Å². The van der Waals surface area contributed by atoms with Crippen LogP contribution in [0.1, 0.15) is 20.3 Å². The predicted molar refractivity (Wildman–Crippen MR) is 45.0 cm³/mol. The molecule has 0 saturated carbocycles. The van der Waals surface area contributed by atoms with Gasteiger partial charge in [-0.15, -0.1) is 0 Å². The van der Waals surface area contributed by atoms with Crippen molar-refractivity contribution >= 4 is 12.4 Å². The Balaban J connectivity index is 3.67. The van der Waals surface area contributed by atoms with E-state index < -0.39 is 6.09 Å². The molecule has 0 aliphatic carbocycles. The number of amides is 1. The summed E-state index contributed by atoms with van der Waals surface area (Å²) in [5.41, 5.74) is 0. The van der Waals surface area contributed by atoms with Crippen molar-refractivity contribution in [2.45, 2.75) is 20.3 Å². The Hall–Kier alpha value is -1.06. The highest BCUT2D eigenvalue weighted by atomic mass is 16.4. The summed E-state index contributed by atoms with van der Waals surface area (Å²) in [5, 5.41) is 10.5. The summed E-state index contributed by atoms with van der Waals surface area (Å²) in [6, 6.07) is 0. The van der Waals surface area contributed by atoms with Crippen LogP contribution in [-0.2, 0) is 4.79 Å². The molecule has 1 unspecified atom stereocenters. The molecule has 4 heteroatoms. The molecule has 0 rings (SSSR count). The molecular weight excluding hydrogens is 158 g/mol. The lowest BCUT2D eigenvalue weighted by molar-refractivity contribution is -0.111. The smallest absolute Gasteiger partial charge is 0.404 e. The minimum atomic E-state index is -1.08. The minimum absolute atomic E-state index is 0.193. The van der Waals surface area contributed by atoms with Gasteiger partial charge < -0.3 is 15.2 Å². The normalized spacial score (nSPS) is 12.6. The highest BCUT2D eigenvalue weighted by Gasteiger charge is 2.10. The van der Waals surface area contributed by atoms with E-state index in [1.54, 1.807) is 0 Å². The quantitative estimate of drug-likeness (QED) is 0.612. The van der Waals surface area contributed by atoms with Gasteiger partial charge in [-0.25, -0.2) is 4.79 Å². The lowest BCUT2D eigenvalue weighted by Crippen LogP contribution is -2.29. The lowest BCUT2D eigenvalue weighted by atomic mass is 9.98. The predicted octanol–water partition coefficient (Wildman–Crippen LogP) is 1.12. The molecule has 12 heavy (non-hydrogen) atoms. The van der Waals surface area contributed by atoms with Gasteiger partial charge in [0.1, 0.15) is 6.29 Å². The van der Waals surface area contributed by atoms with Gasteiger partial charge in [0.15, 0.2) is 0 Å². The maximum Gasteiger partial charge on any atom is 0.404 e. The molecule has 0 spiro atoms. The van der Waals surface area contributed by atoms with Crippen LogP contribution in [0.5, 0.6) is 0 Å². The molecule has 0 fully saturated rings. The summed E-state index contributed by atoms with van der Waals surface area (Å²) in [5.74, 6) is 0.219. The van der Waals surface area contributed by atoms with E-state index in [4.69, 9.17) is 5.11 Å². The number of carbonyl (C=O) groups excluding carboxylic acids is 1. The molecule has 70 valence electrons. The van der Waals surface area contributed by atoms with E-state index in [2.05, 4.69) is 5.32 Å². The van der Waals surface area contributed by atoms with Crippen molar-refractivity contribution in [3.8, 4) is 0 Å². The van der Waals surface area contributed by atoms with E-state index in [1.165, 1.54) is 0 Å². The second-order valence-electron chi connectivity index (χ2n) is 3.21. The van der Waals surface area contributed by atoms with Crippen LogP contribution in [0.15, 0.2) is 0 Å². The van der Waals surface area contributed by atoms with Crippen LogP contribution < -0.4 is 5.32 Å². The van der Waals surface area contributed by atoms with Crippen LogP contribution >= 0.6 is 0 Å². The van der Waals surface area contributed by atoms with Crippen LogP contribution in [0, 0.1) is 11.8 Å². The van der Waals surface area contributed by atoms with Crippen molar-refractivity contribution in [1.82, 2.24) is 5.32 Å². The second kappa shape index (κ2) is 5.57. The molecule has 0 bridgehead atoms. The van der Waals surface area contributed by atoms with Crippen molar-refractivity contribution < 1.29 is 14.7 Å². The van der Waals surface area contributed by atoms with Crippen LogP contribution in [0.2, 0.25) is 0 Å². The Kier molecular flexibility index (Phi) is 5.08. The van der Waals surface area contributed by atoms with E-state index in [0.717, 1.165) is 12.7 Å². The van der Waals surface area contributed by atoms with Crippen molar-refractivity contribution in [3.05, 3.63) is 0 Å². The monoisotopic (exact) mass is 173 g/mol. The standard InChI is InChI=1S/C8H15NO3/c1-6(2)3-7(5-10)4-9-8(11)12/h5-7,9H,3-4H2,1-2H3,(H,11,12). The zero-order chi connectivity index (χ0) is 9.56. The topological polar surface area (TPSA) is 66.4 Å². The fraction of sp³-hybridized carbons (Fsp3) is 0.750. The first kappa shape index (κ1) is 10.9. The highest BCUT2D eigenvalue weighted by molar-refractivity contribution is 5.65. The number of carboxylic acid groups (broad SMARTS) is 1. The fourth-order valence-corrected chi connectivity index (χ4v) is 1.01. The zero-order valence-electron chi connectivity index (χ0n) is 7.41. The van der Waals surface area contributed by atoms with Crippen molar-refractivity contribution in [3.63, 3.8) is 0 Å². The number of rotatable bonds is 5. The molecule has 2 N–H and O–H groups in total. The van der Waals surface area contributed by atoms with E-state index >= 15 is 0 Å². The van der Waals surface area contributed by atoms with Crippen molar-refractivity contribution in [1.29, 1.82) is 0 Å². The Labute approximate surface area is 72.0 Å². The first-order valence-corrected chi connectivity index (χ1v) is 3.98. The van der Waals surface area contributed by atoms with Gasteiger partial charge in [0.25, 0.3) is 0 Å².